The minimum atomic E-state index is -3.26. The van der Waals surface area contributed by atoms with E-state index >= 15 is 0 Å². The molecule has 0 amide bonds. The van der Waals surface area contributed by atoms with Crippen molar-refractivity contribution in [3.63, 3.8) is 0 Å². The first-order chi connectivity index (χ1) is 10.1. The highest BCUT2D eigenvalue weighted by molar-refractivity contribution is 7.92. The molecule has 1 aromatic rings. The number of hydrogen-bond acceptors (Lipinski definition) is 4. The summed E-state index contributed by atoms with van der Waals surface area (Å²) in [6, 6.07) is 6.65. The van der Waals surface area contributed by atoms with Gasteiger partial charge >= 0.3 is 0 Å². The van der Waals surface area contributed by atoms with Crippen molar-refractivity contribution in [1.29, 1.82) is 0 Å². The van der Waals surface area contributed by atoms with Crippen LogP contribution in [0.15, 0.2) is 29.3 Å². The Morgan fingerprint density at radius 1 is 1.27 bits per heavy atom. The van der Waals surface area contributed by atoms with Crippen LogP contribution in [0.4, 0.5) is 5.69 Å². The molecule has 1 rings (SSSR count). The summed E-state index contributed by atoms with van der Waals surface area (Å²) in [4.78, 5) is 4.16. The van der Waals surface area contributed by atoms with Gasteiger partial charge in [-0.2, -0.15) is 0 Å². The third-order valence-electron chi connectivity index (χ3n) is 2.30. The maximum Gasteiger partial charge on any atom is 0.229 e. The summed E-state index contributed by atoms with van der Waals surface area (Å²) in [5, 5.41) is 3.05. The first kappa shape index (κ1) is 18.1. The van der Waals surface area contributed by atoms with E-state index in [1.807, 2.05) is 20.8 Å². The van der Waals surface area contributed by atoms with Crippen molar-refractivity contribution in [2.24, 2.45) is 10.7 Å². The minimum Gasteiger partial charge on any atom is -0.492 e. The fourth-order valence-electron chi connectivity index (χ4n) is 1.59. The lowest BCUT2D eigenvalue weighted by Crippen LogP contribution is -2.45. The van der Waals surface area contributed by atoms with Gasteiger partial charge in [-0.05, 0) is 45.0 Å². The summed E-state index contributed by atoms with van der Waals surface area (Å²) in [5.41, 5.74) is 6.10. The van der Waals surface area contributed by atoms with Crippen molar-refractivity contribution >= 4 is 21.7 Å². The van der Waals surface area contributed by atoms with Crippen molar-refractivity contribution in [3.8, 4) is 5.75 Å². The number of ether oxygens (including phenoxy) is 1. The van der Waals surface area contributed by atoms with E-state index in [1.165, 1.54) is 0 Å². The molecule has 4 N–H and O–H groups in total. The van der Waals surface area contributed by atoms with Crippen LogP contribution in [-0.2, 0) is 10.0 Å². The molecule has 0 aliphatic heterocycles. The number of aliphatic imine (C=N–C) groups is 1. The number of nitrogens with one attached hydrogen (secondary N) is 2. The van der Waals surface area contributed by atoms with E-state index in [-0.39, 0.29) is 5.54 Å². The average Bonchev–Trinajstić information content (AvgIpc) is 2.32. The third kappa shape index (κ3) is 8.35. The number of hydrogen-bond donors (Lipinski definition) is 3. The summed E-state index contributed by atoms with van der Waals surface area (Å²) < 4.78 is 30.1. The van der Waals surface area contributed by atoms with Crippen LogP contribution in [0.3, 0.4) is 0 Å². The highest BCUT2D eigenvalue weighted by Gasteiger charge is 2.09. The van der Waals surface area contributed by atoms with E-state index in [0.717, 1.165) is 6.26 Å². The second kappa shape index (κ2) is 7.35. The Bertz CT molecular complexity index is 604. The molecule has 0 saturated carbocycles. The molecule has 0 unspecified atom stereocenters. The molecular formula is C14H24N4O3S. The van der Waals surface area contributed by atoms with E-state index in [4.69, 9.17) is 10.5 Å². The molecule has 124 valence electrons. The summed E-state index contributed by atoms with van der Waals surface area (Å²) in [6.07, 6.45) is 1.10. The van der Waals surface area contributed by atoms with Crippen LogP contribution < -0.4 is 20.5 Å². The van der Waals surface area contributed by atoms with Gasteiger partial charge in [0.2, 0.25) is 10.0 Å². The van der Waals surface area contributed by atoms with Gasteiger partial charge in [-0.3, -0.25) is 4.72 Å². The Morgan fingerprint density at radius 3 is 2.36 bits per heavy atom. The van der Waals surface area contributed by atoms with Gasteiger partial charge in [0.05, 0.1) is 12.8 Å². The summed E-state index contributed by atoms with van der Waals surface area (Å²) >= 11 is 0. The van der Waals surface area contributed by atoms with Crippen molar-refractivity contribution in [1.82, 2.24) is 5.32 Å². The van der Waals surface area contributed by atoms with E-state index in [2.05, 4.69) is 15.0 Å². The number of nitrogens with zero attached hydrogens (tertiary/aromatic N) is 1. The first-order valence-electron chi connectivity index (χ1n) is 6.84. The normalized spacial score (nSPS) is 12.8. The van der Waals surface area contributed by atoms with Crippen molar-refractivity contribution < 1.29 is 13.2 Å². The molecule has 0 aromatic heterocycles. The van der Waals surface area contributed by atoms with Gasteiger partial charge in [0.1, 0.15) is 12.4 Å². The van der Waals surface area contributed by atoms with Crippen LogP contribution >= 0.6 is 0 Å². The van der Waals surface area contributed by atoms with Gasteiger partial charge in [0.25, 0.3) is 0 Å². The number of anilines is 1. The van der Waals surface area contributed by atoms with Gasteiger partial charge in [0.15, 0.2) is 5.96 Å². The Balaban J connectivity index is 2.41. The van der Waals surface area contributed by atoms with E-state index in [0.29, 0.717) is 30.5 Å². The molecule has 0 aliphatic rings. The number of rotatable bonds is 6. The number of sulfonamides is 1. The zero-order chi connectivity index (χ0) is 16.8. The summed E-state index contributed by atoms with van der Waals surface area (Å²) in [7, 11) is -3.26. The Kier molecular flexibility index (Phi) is 6.04. The minimum absolute atomic E-state index is 0.128. The Morgan fingerprint density at radius 2 is 1.86 bits per heavy atom. The molecule has 0 atom stereocenters. The van der Waals surface area contributed by atoms with Gasteiger partial charge in [-0.1, -0.05) is 0 Å². The molecule has 0 spiro atoms. The van der Waals surface area contributed by atoms with Crippen LogP contribution in [-0.4, -0.2) is 39.3 Å². The third-order valence-corrected chi connectivity index (χ3v) is 2.91. The Hall–Kier alpha value is -1.96. The predicted molar refractivity (Wildman–Crippen MR) is 89.8 cm³/mol. The lowest BCUT2D eigenvalue weighted by atomic mass is 10.1. The zero-order valence-corrected chi connectivity index (χ0v) is 14.2. The highest BCUT2D eigenvalue weighted by Crippen LogP contribution is 2.16. The van der Waals surface area contributed by atoms with Crippen molar-refractivity contribution in [2.75, 3.05) is 24.1 Å². The molecule has 0 fully saturated rings. The van der Waals surface area contributed by atoms with Crippen LogP contribution in [0.25, 0.3) is 0 Å². The molecule has 22 heavy (non-hydrogen) atoms. The van der Waals surface area contributed by atoms with E-state index in [1.54, 1.807) is 24.3 Å². The predicted octanol–water partition coefficient (Wildman–Crippen LogP) is 1.14. The van der Waals surface area contributed by atoms with Crippen LogP contribution in [0.2, 0.25) is 0 Å². The Labute approximate surface area is 132 Å². The average molecular weight is 328 g/mol. The highest BCUT2D eigenvalue weighted by atomic mass is 32.2. The monoisotopic (exact) mass is 328 g/mol. The lowest BCUT2D eigenvalue weighted by Gasteiger charge is -2.20. The van der Waals surface area contributed by atoms with Gasteiger partial charge in [0, 0.05) is 11.2 Å². The largest absolute Gasteiger partial charge is 0.492 e. The fourth-order valence-corrected chi connectivity index (χ4v) is 2.15. The second-order valence-electron chi connectivity index (χ2n) is 5.89. The van der Waals surface area contributed by atoms with Gasteiger partial charge in [-0.15, -0.1) is 0 Å². The van der Waals surface area contributed by atoms with Crippen molar-refractivity contribution in [2.45, 2.75) is 26.3 Å². The maximum atomic E-state index is 11.1. The number of nitrogens with two attached hydrogens (primary N) is 1. The standard InChI is InChI=1S/C14H24N4O3S/c1-14(2,3)17-13(15)16-9-10-21-12-7-5-11(6-8-12)18-22(4,19)20/h5-8,18H,9-10H2,1-4H3,(H3,15,16,17). The van der Waals surface area contributed by atoms with Gasteiger partial charge < -0.3 is 15.8 Å². The zero-order valence-electron chi connectivity index (χ0n) is 13.4. The second-order valence-corrected chi connectivity index (χ2v) is 7.64. The molecule has 0 saturated heterocycles. The summed E-state index contributed by atoms with van der Waals surface area (Å²) in [6.45, 7) is 6.80. The van der Waals surface area contributed by atoms with E-state index < -0.39 is 10.0 Å². The molecule has 7 nitrogen and oxygen atoms in total. The molecule has 0 heterocycles. The maximum absolute atomic E-state index is 11.1. The molecule has 8 heteroatoms. The topological polar surface area (TPSA) is 106 Å². The summed E-state index contributed by atoms with van der Waals surface area (Å²) in [5.74, 6) is 1.01. The first-order valence-corrected chi connectivity index (χ1v) is 8.73. The molecule has 0 bridgehead atoms. The smallest absolute Gasteiger partial charge is 0.229 e. The molecule has 0 aliphatic carbocycles. The SMILES string of the molecule is CC(C)(C)NC(N)=NCCOc1ccc(NS(C)(=O)=O)cc1. The van der Waals surface area contributed by atoms with Crippen LogP contribution in [0, 0.1) is 0 Å². The number of guanidine groups is 1. The quantitative estimate of drug-likeness (QED) is 0.412. The van der Waals surface area contributed by atoms with Crippen LogP contribution in [0.1, 0.15) is 20.8 Å². The number of benzene rings is 1. The lowest BCUT2D eigenvalue weighted by molar-refractivity contribution is 0.328. The molecule has 0 radical (unpaired) electrons. The molecule has 1 aromatic carbocycles. The van der Waals surface area contributed by atoms with E-state index in [9.17, 15) is 8.42 Å². The van der Waals surface area contributed by atoms with Crippen molar-refractivity contribution in [3.05, 3.63) is 24.3 Å². The van der Waals surface area contributed by atoms with Crippen LogP contribution in [0.5, 0.6) is 5.75 Å². The fraction of sp³-hybridized carbons (Fsp3) is 0.500. The van der Waals surface area contributed by atoms with Gasteiger partial charge in [-0.25, -0.2) is 13.4 Å². The molecular weight excluding hydrogens is 304 g/mol.